The predicted octanol–water partition coefficient (Wildman–Crippen LogP) is 5.34. The molecular formula is C21H16ClFN2O3S2. The molecule has 154 valence electrons. The molecule has 2 heterocycles. The number of hydrogen-bond donors (Lipinski definition) is 1. The smallest absolute Gasteiger partial charge is 0.270 e. The number of allylic oxidation sites excluding steroid dienone is 1. The first-order chi connectivity index (χ1) is 14.3. The quantitative estimate of drug-likeness (QED) is 0.532. The van der Waals surface area contributed by atoms with Crippen molar-refractivity contribution in [2.24, 2.45) is 0 Å². The van der Waals surface area contributed by atoms with Crippen molar-refractivity contribution in [3.05, 3.63) is 91.9 Å². The molecule has 1 aliphatic rings. The van der Waals surface area contributed by atoms with Crippen LogP contribution in [0.1, 0.15) is 20.8 Å². The second-order valence-electron chi connectivity index (χ2n) is 6.71. The molecule has 2 aromatic carbocycles. The Bertz CT molecular complexity index is 1270. The fourth-order valence-electron chi connectivity index (χ4n) is 3.10. The third-order valence-electron chi connectivity index (χ3n) is 4.71. The Hall–Kier alpha value is -2.68. The Morgan fingerprint density at radius 2 is 1.90 bits per heavy atom. The summed E-state index contributed by atoms with van der Waals surface area (Å²) in [4.78, 5) is 12.9. The Kier molecular flexibility index (Phi) is 5.40. The van der Waals surface area contributed by atoms with Crippen LogP contribution >= 0.6 is 22.9 Å². The fourth-order valence-corrected chi connectivity index (χ4v) is 5.76. The summed E-state index contributed by atoms with van der Waals surface area (Å²) in [6.45, 7) is 1.82. The van der Waals surface area contributed by atoms with Gasteiger partial charge in [0.15, 0.2) is 4.91 Å². The second-order valence-corrected chi connectivity index (χ2v) is 9.90. The van der Waals surface area contributed by atoms with Crippen LogP contribution in [0.3, 0.4) is 0 Å². The Balaban J connectivity index is 1.75. The molecule has 0 atom stereocenters. The SMILES string of the molecule is Cc1ccc(Cl)cc1N/C=C1/C(=O)c2sccc2N(Cc2ccc(F)cc2)S1(=O)=O. The van der Waals surface area contributed by atoms with Gasteiger partial charge >= 0.3 is 0 Å². The number of nitrogens with one attached hydrogen (secondary N) is 1. The van der Waals surface area contributed by atoms with Crippen LogP contribution < -0.4 is 9.62 Å². The molecule has 4 rings (SSSR count). The predicted molar refractivity (Wildman–Crippen MR) is 118 cm³/mol. The molecule has 3 aromatic rings. The summed E-state index contributed by atoms with van der Waals surface area (Å²) in [6.07, 6.45) is 1.21. The molecule has 0 aliphatic carbocycles. The van der Waals surface area contributed by atoms with Gasteiger partial charge < -0.3 is 5.32 Å². The number of Topliss-reactive ketones (excluding diaryl/α,β-unsaturated/α-hetero) is 1. The molecule has 0 bridgehead atoms. The number of anilines is 2. The largest absolute Gasteiger partial charge is 0.360 e. The van der Waals surface area contributed by atoms with Gasteiger partial charge in [0.25, 0.3) is 10.0 Å². The van der Waals surface area contributed by atoms with Gasteiger partial charge in [-0.25, -0.2) is 12.8 Å². The number of ketones is 1. The van der Waals surface area contributed by atoms with E-state index in [1.807, 2.05) is 6.92 Å². The molecule has 0 amide bonds. The standard InChI is InChI=1S/C21H16ClFN2O3S2/c1-13-2-5-15(22)10-17(13)24-11-19-20(26)21-18(8-9-29-21)25(30(19,27)28)12-14-3-6-16(23)7-4-14/h2-11,24H,12H2,1H3/b19-11-. The molecule has 1 aliphatic heterocycles. The number of nitrogens with zero attached hydrogens (tertiary/aromatic N) is 1. The van der Waals surface area contributed by atoms with Gasteiger partial charge in [0.1, 0.15) is 10.7 Å². The first-order valence-electron chi connectivity index (χ1n) is 8.89. The van der Waals surface area contributed by atoms with Gasteiger partial charge in [-0.1, -0.05) is 29.8 Å². The van der Waals surface area contributed by atoms with E-state index in [1.54, 1.807) is 29.6 Å². The number of benzene rings is 2. The van der Waals surface area contributed by atoms with Gasteiger partial charge in [0.05, 0.1) is 12.2 Å². The average Bonchev–Trinajstić information content (AvgIpc) is 3.18. The molecule has 0 unspecified atom stereocenters. The van der Waals surface area contributed by atoms with Crippen molar-refractivity contribution >= 4 is 50.1 Å². The van der Waals surface area contributed by atoms with Gasteiger partial charge in [-0.15, -0.1) is 11.3 Å². The van der Waals surface area contributed by atoms with Crippen molar-refractivity contribution in [1.29, 1.82) is 0 Å². The lowest BCUT2D eigenvalue weighted by molar-refractivity contribution is 0.104. The number of aryl methyl sites for hydroxylation is 1. The minimum Gasteiger partial charge on any atom is -0.360 e. The zero-order valence-electron chi connectivity index (χ0n) is 15.7. The van der Waals surface area contributed by atoms with Crippen LogP contribution in [0.25, 0.3) is 0 Å². The number of carbonyl (C=O) groups is 1. The normalized spacial score (nSPS) is 16.6. The number of carbonyl (C=O) groups excluding carboxylic acids is 1. The second kappa shape index (κ2) is 7.86. The number of rotatable bonds is 4. The molecule has 30 heavy (non-hydrogen) atoms. The minimum atomic E-state index is -4.14. The van der Waals surface area contributed by atoms with Gasteiger partial charge in [-0.2, -0.15) is 0 Å². The third kappa shape index (κ3) is 3.74. The maximum absolute atomic E-state index is 13.3. The lowest BCUT2D eigenvalue weighted by atomic mass is 10.2. The highest BCUT2D eigenvalue weighted by Gasteiger charge is 2.41. The molecule has 0 saturated carbocycles. The van der Waals surface area contributed by atoms with E-state index in [2.05, 4.69) is 5.32 Å². The van der Waals surface area contributed by atoms with Crippen molar-refractivity contribution in [3.63, 3.8) is 0 Å². The van der Waals surface area contributed by atoms with Gasteiger partial charge in [-0.05, 0) is 53.8 Å². The highest BCUT2D eigenvalue weighted by molar-refractivity contribution is 7.97. The molecule has 5 nitrogen and oxygen atoms in total. The summed E-state index contributed by atoms with van der Waals surface area (Å²) < 4.78 is 41.1. The highest BCUT2D eigenvalue weighted by Crippen LogP contribution is 2.39. The van der Waals surface area contributed by atoms with E-state index in [1.165, 1.54) is 46.1 Å². The van der Waals surface area contributed by atoms with Crippen LogP contribution in [0, 0.1) is 12.7 Å². The highest BCUT2D eigenvalue weighted by atomic mass is 35.5. The topological polar surface area (TPSA) is 66.5 Å². The van der Waals surface area contributed by atoms with Gasteiger partial charge in [-0.3, -0.25) is 9.10 Å². The maximum atomic E-state index is 13.3. The molecule has 1 N–H and O–H groups in total. The first kappa shape index (κ1) is 20.6. The molecule has 1 aromatic heterocycles. The van der Waals surface area contributed by atoms with Crippen LogP contribution in [0.15, 0.2) is 65.0 Å². The number of hydrogen-bond acceptors (Lipinski definition) is 5. The summed E-state index contributed by atoms with van der Waals surface area (Å²) in [6, 6.07) is 12.3. The minimum absolute atomic E-state index is 0.0207. The van der Waals surface area contributed by atoms with Crippen LogP contribution in [0.4, 0.5) is 15.8 Å². The summed E-state index contributed by atoms with van der Waals surface area (Å²) in [5.74, 6) is -0.976. The molecule has 0 fully saturated rings. The van der Waals surface area contributed by atoms with Crippen LogP contribution in [-0.2, 0) is 16.6 Å². The Morgan fingerprint density at radius 3 is 2.63 bits per heavy atom. The monoisotopic (exact) mass is 462 g/mol. The van der Waals surface area contributed by atoms with Crippen molar-refractivity contribution in [2.45, 2.75) is 13.5 Å². The summed E-state index contributed by atoms with van der Waals surface area (Å²) >= 11 is 7.20. The summed E-state index contributed by atoms with van der Waals surface area (Å²) in [5, 5.41) is 5.06. The zero-order chi connectivity index (χ0) is 21.5. The lowest BCUT2D eigenvalue weighted by Gasteiger charge is -2.29. The van der Waals surface area contributed by atoms with E-state index in [-0.39, 0.29) is 11.4 Å². The van der Waals surface area contributed by atoms with Crippen LogP contribution in [0.2, 0.25) is 5.02 Å². The van der Waals surface area contributed by atoms with Gasteiger partial charge in [0.2, 0.25) is 5.78 Å². The van der Waals surface area contributed by atoms with Crippen molar-refractivity contribution in [1.82, 2.24) is 0 Å². The lowest BCUT2D eigenvalue weighted by Crippen LogP contribution is -2.38. The van der Waals surface area contributed by atoms with Crippen LogP contribution in [-0.4, -0.2) is 14.2 Å². The number of halogens is 2. The van der Waals surface area contributed by atoms with Crippen molar-refractivity contribution in [3.8, 4) is 0 Å². The van der Waals surface area contributed by atoms with Crippen molar-refractivity contribution < 1.29 is 17.6 Å². The van der Waals surface area contributed by atoms with E-state index in [0.29, 0.717) is 26.8 Å². The first-order valence-corrected chi connectivity index (χ1v) is 11.6. The fraction of sp³-hybridized carbons (Fsp3) is 0.0952. The molecule has 9 heteroatoms. The van der Waals surface area contributed by atoms with E-state index in [9.17, 15) is 17.6 Å². The van der Waals surface area contributed by atoms with Crippen molar-refractivity contribution in [2.75, 3.05) is 9.62 Å². The number of fused-ring (bicyclic) bond motifs is 1. The van der Waals surface area contributed by atoms with E-state index in [4.69, 9.17) is 11.6 Å². The Morgan fingerprint density at radius 1 is 1.17 bits per heavy atom. The van der Waals surface area contributed by atoms with Gasteiger partial charge in [0, 0.05) is 16.9 Å². The number of thiophene rings is 1. The number of sulfonamides is 1. The summed E-state index contributed by atoms with van der Waals surface area (Å²) in [5.41, 5.74) is 2.37. The molecule has 0 saturated heterocycles. The maximum Gasteiger partial charge on any atom is 0.270 e. The third-order valence-corrected chi connectivity index (χ3v) is 7.61. The van der Waals surface area contributed by atoms with Crippen LogP contribution in [0.5, 0.6) is 0 Å². The zero-order valence-corrected chi connectivity index (χ0v) is 18.1. The molecule has 0 spiro atoms. The summed E-state index contributed by atoms with van der Waals surface area (Å²) in [7, 11) is -4.14. The molecule has 0 radical (unpaired) electrons. The molecular weight excluding hydrogens is 447 g/mol. The van der Waals surface area contributed by atoms with E-state index >= 15 is 0 Å². The van der Waals surface area contributed by atoms with E-state index in [0.717, 1.165) is 5.56 Å². The van der Waals surface area contributed by atoms with E-state index < -0.39 is 21.6 Å². The average molecular weight is 463 g/mol. The Labute approximate surface area is 182 Å².